The van der Waals surface area contributed by atoms with Crippen LogP contribution in [-0.4, -0.2) is 58.5 Å². The number of hydrogen-bond acceptors (Lipinski definition) is 3. The van der Waals surface area contributed by atoms with Gasteiger partial charge in [0.05, 0.1) is 0 Å². The summed E-state index contributed by atoms with van der Waals surface area (Å²) in [4.78, 5) is 27.5. The Kier molecular flexibility index (Phi) is 6.03. The van der Waals surface area contributed by atoms with E-state index in [-0.39, 0.29) is 11.9 Å². The van der Waals surface area contributed by atoms with Crippen LogP contribution in [0.5, 0.6) is 0 Å². The van der Waals surface area contributed by atoms with Crippen molar-refractivity contribution in [1.29, 1.82) is 0 Å². The topological polar surface area (TPSA) is 60.9 Å². The maximum atomic E-state index is 12.1. The summed E-state index contributed by atoms with van der Waals surface area (Å²) in [5.74, 6) is -0.413. The van der Waals surface area contributed by atoms with Crippen molar-refractivity contribution < 1.29 is 14.7 Å². The van der Waals surface area contributed by atoms with E-state index >= 15 is 0 Å². The molecule has 5 heteroatoms. The molecule has 2 rings (SSSR count). The van der Waals surface area contributed by atoms with Gasteiger partial charge in [-0.1, -0.05) is 19.8 Å². The van der Waals surface area contributed by atoms with Gasteiger partial charge in [0.25, 0.3) is 0 Å². The van der Waals surface area contributed by atoms with Crippen molar-refractivity contribution >= 4 is 11.9 Å². The number of unbranched alkanes of at least 4 members (excludes halogenated alkanes) is 2. The summed E-state index contributed by atoms with van der Waals surface area (Å²) in [6.07, 6.45) is 7.50. The van der Waals surface area contributed by atoms with Crippen LogP contribution in [0.25, 0.3) is 0 Å². The molecule has 1 amide bonds. The van der Waals surface area contributed by atoms with Gasteiger partial charge in [0, 0.05) is 25.6 Å². The average molecular weight is 296 g/mol. The zero-order valence-electron chi connectivity index (χ0n) is 13.1. The Balaban J connectivity index is 1.77. The van der Waals surface area contributed by atoms with E-state index in [4.69, 9.17) is 0 Å². The van der Waals surface area contributed by atoms with Gasteiger partial charge < -0.3 is 10.0 Å². The maximum absolute atomic E-state index is 12.1. The van der Waals surface area contributed by atoms with Crippen molar-refractivity contribution in [3.8, 4) is 0 Å². The van der Waals surface area contributed by atoms with Crippen molar-refractivity contribution in [3.05, 3.63) is 0 Å². The van der Waals surface area contributed by atoms with Gasteiger partial charge in [0.1, 0.15) is 6.04 Å². The molecule has 1 unspecified atom stereocenters. The van der Waals surface area contributed by atoms with Crippen molar-refractivity contribution in [1.82, 2.24) is 9.80 Å². The highest BCUT2D eigenvalue weighted by Crippen LogP contribution is 2.26. The molecule has 0 aromatic heterocycles. The third-order valence-corrected chi connectivity index (χ3v) is 4.86. The van der Waals surface area contributed by atoms with Crippen molar-refractivity contribution in [2.24, 2.45) is 0 Å². The Bertz CT molecular complexity index is 365. The number of carbonyl (C=O) groups is 2. The molecule has 21 heavy (non-hydrogen) atoms. The number of aliphatic carboxylic acids is 1. The standard InChI is InChI=1S/C16H28N2O3/c1-2-3-4-7-15(19)17-11-8-13(9-12-17)18-10-5-6-14(18)16(20)21/h13-14H,2-12H2,1H3,(H,20,21). The molecule has 2 heterocycles. The smallest absolute Gasteiger partial charge is 0.320 e. The molecule has 2 aliphatic rings. The molecule has 0 bridgehead atoms. The molecule has 120 valence electrons. The van der Waals surface area contributed by atoms with Crippen LogP contribution < -0.4 is 0 Å². The first kappa shape index (κ1) is 16.3. The van der Waals surface area contributed by atoms with E-state index in [2.05, 4.69) is 11.8 Å². The normalized spacial score (nSPS) is 24.4. The molecule has 1 atom stereocenters. The highest BCUT2D eigenvalue weighted by Gasteiger charge is 2.37. The number of carboxylic acids is 1. The number of carbonyl (C=O) groups excluding carboxylic acids is 1. The van der Waals surface area contributed by atoms with Crippen molar-refractivity contribution in [2.45, 2.75) is 70.4 Å². The van der Waals surface area contributed by atoms with Crippen LogP contribution in [0, 0.1) is 0 Å². The Morgan fingerprint density at radius 2 is 1.81 bits per heavy atom. The maximum Gasteiger partial charge on any atom is 0.320 e. The molecule has 0 saturated carbocycles. The van der Waals surface area contributed by atoms with Crippen LogP contribution in [0.3, 0.4) is 0 Å². The fourth-order valence-corrected chi connectivity index (χ4v) is 3.62. The van der Waals surface area contributed by atoms with Crippen LogP contribution in [0.4, 0.5) is 0 Å². The van der Waals surface area contributed by atoms with Crippen LogP contribution in [-0.2, 0) is 9.59 Å². The second-order valence-electron chi connectivity index (χ2n) is 6.30. The summed E-state index contributed by atoms with van der Waals surface area (Å²) in [6, 6.07) is 0.0371. The third-order valence-electron chi connectivity index (χ3n) is 4.86. The van der Waals surface area contributed by atoms with Gasteiger partial charge in [-0.2, -0.15) is 0 Å². The first-order valence-electron chi connectivity index (χ1n) is 8.39. The molecule has 0 aromatic rings. The fraction of sp³-hybridized carbons (Fsp3) is 0.875. The lowest BCUT2D eigenvalue weighted by molar-refractivity contribution is -0.144. The molecule has 1 N–H and O–H groups in total. The summed E-state index contributed by atoms with van der Waals surface area (Å²) in [6.45, 7) is 4.62. The van der Waals surface area contributed by atoms with Gasteiger partial charge in [-0.25, -0.2) is 0 Å². The monoisotopic (exact) mass is 296 g/mol. The average Bonchev–Trinajstić information content (AvgIpc) is 2.97. The van der Waals surface area contributed by atoms with Gasteiger partial charge in [0.2, 0.25) is 5.91 Å². The second-order valence-corrected chi connectivity index (χ2v) is 6.30. The van der Waals surface area contributed by atoms with Crippen LogP contribution in [0.1, 0.15) is 58.3 Å². The number of carboxylic acid groups (broad SMARTS) is 1. The van der Waals surface area contributed by atoms with Crippen LogP contribution in [0.2, 0.25) is 0 Å². The summed E-state index contributed by atoms with van der Waals surface area (Å²) < 4.78 is 0. The van der Waals surface area contributed by atoms with Crippen LogP contribution >= 0.6 is 0 Å². The van der Waals surface area contributed by atoms with Crippen molar-refractivity contribution in [2.75, 3.05) is 19.6 Å². The quantitative estimate of drug-likeness (QED) is 0.763. The Morgan fingerprint density at radius 3 is 2.43 bits per heavy atom. The molecular weight excluding hydrogens is 268 g/mol. The minimum absolute atomic E-state index is 0.276. The minimum Gasteiger partial charge on any atom is -0.480 e. The molecule has 5 nitrogen and oxygen atoms in total. The number of piperidine rings is 1. The van der Waals surface area contributed by atoms with Gasteiger partial charge in [-0.3, -0.25) is 14.5 Å². The minimum atomic E-state index is -0.689. The number of likely N-dealkylation sites (tertiary alicyclic amines) is 2. The molecular formula is C16H28N2O3. The number of nitrogens with zero attached hydrogens (tertiary/aromatic N) is 2. The fourth-order valence-electron chi connectivity index (χ4n) is 3.62. The van der Waals surface area contributed by atoms with Gasteiger partial charge >= 0.3 is 5.97 Å². The van der Waals surface area contributed by atoms with Crippen LogP contribution in [0.15, 0.2) is 0 Å². The largest absolute Gasteiger partial charge is 0.480 e. The van der Waals surface area contributed by atoms with Gasteiger partial charge in [0.15, 0.2) is 0 Å². The summed E-state index contributed by atoms with van der Waals surface area (Å²) in [5, 5.41) is 9.27. The van der Waals surface area contributed by atoms with E-state index in [0.29, 0.717) is 12.5 Å². The molecule has 0 aliphatic carbocycles. The predicted molar refractivity (Wildman–Crippen MR) is 81.1 cm³/mol. The molecule has 2 fully saturated rings. The molecule has 0 spiro atoms. The zero-order chi connectivity index (χ0) is 15.2. The van der Waals surface area contributed by atoms with Gasteiger partial charge in [-0.05, 0) is 38.6 Å². The lowest BCUT2D eigenvalue weighted by Gasteiger charge is -2.38. The van der Waals surface area contributed by atoms with E-state index in [9.17, 15) is 14.7 Å². The molecule has 0 radical (unpaired) electrons. The second kappa shape index (κ2) is 7.78. The first-order valence-corrected chi connectivity index (χ1v) is 8.39. The van der Waals surface area contributed by atoms with Gasteiger partial charge in [-0.15, -0.1) is 0 Å². The Hall–Kier alpha value is -1.10. The highest BCUT2D eigenvalue weighted by atomic mass is 16.4. The summed E-state index contributed by atoms with van der Waals surface area (Å²) >= 11 is 0. The predicted octanol–water partition coefficient (Wildman–Crippen LogP) is 2.11. The molecule has 0 aromatic carbocycles. The lowest BCUT2D eigenvalue weighted by atomic mass is 10.0. The lowest BCUT2D eigenvalue weighted by Crippen LogP contribution is -2.50. The van der Waals surface area contributed by atoms with E-state index < -0.39 is 5.97 Å². The first-order chi connectivity index (χ1) is 10.1. The van der Waals surface area contributed by atoms with E-state index in [1.165, 1.54) is 0 Å². The number of hydrogen-bond donors (Lipinski definition) is 1. The van der Waals surface area contributed by atoms with Crippen molar-refractivity contribution in [3.63, 3.8) is 0 Å². The van der Waals surface area contributed by atoms with E-state index in [1.54, 1.807) is 0 Å². The summed E-state index contributed by atoms with van der Waals surface area (Å²) in [7, 11) is 0. The molecule has 2 aliphatic heterocycles. The number of rotatable bonds is 6. The number of amides is 1. The Labute approximate surface area is 127 Å². The Morgan fingerprint density at radius 1 is 1.10 bits per heavy atom. The van der Waals surface area contributed by atoms with E-state index in [1.807, 2.05) is 4.90 Å². The van der Waals surface area contributed by atoms with E-state index in [0.717, 1.165) is 64.6 Å². The third kappa shape index (κ3) is 4.19. The molecule has 2 saturated heterocycles. The zero-order valence-corrected chi connectivity index (χ0v) is 13.1. The summed E-state index contributed by atoms with van der Waals surface area (Å²) in [5.41, 5.74) is 0. The SMILES string of the molecule is CCCCCC(=O)N1CCC(N2CCCC2C(=O)O)CC1. The highest BCUT2D eigenvalue weighted by molar-refractivity contribution is 5.76.